The van der Waals surface area contributed by atoms with Gasteiger partial charge in [0.1, 0.15) is 0 Å². The molecule has 4 heteroatoms. The first-order valence-electron chi connectivity index (χ1n) is 3.44. The highest BCUT2D eigenvalue weighted by Crippen LogP contribution is 2.03. The van der Waals surface area contributed by atoms with E-state index in [0.717, 1.165) is 0 Å². The highest BCUT2D eigenvalue weighted by molar-refractivity contribution is 5.84. The van der Waals surface area contributed by atoms with Crippen molar-refractivity contribution in [1.29, 1.82) is 0 Å². The van der Waals surface area contributed by atoms with Crippen molar-refractivity contribution in [2.45, 2.75) is 13.3 Å². The largest absolute Gasteiger partial charge is 0.370 e. The molecule has 0 aliphatic rings. The first-order valence-corrected chi connectivity index (χ1v) is 3.44. The minimum atomic E-state index is -0.437. The van der Waals surface area contributed by atoms with Crippen molar-refractivity contribution >= 4 is 11.8 Å². The van der Waals surface area contributed by atoms with E-state index in [1.165, 1.54) is 4.90 Å². The minimum absolute atomic E-state index is 0.0659. The predicted molar refractivity (Wildman–Crippen MR) is 41.7 cm³/mol. The van der Waals surface area contributed by atoms with E-state index in [1.807, 2.05) is 0 Å². The van der Waals surface area contributed by atoms with Crippen LogP contribution < -0.4 is 5.73 Å². The first kappa shape index (κ1) is 9.94. The molecular formula is C7H14N2O2. The fraction of sp³-hybridized carbons (Fsp3) is 0.714. The van der Waals surface area contributed by atoms with E-state index in [2.05, 4.69) is 0 Å². The van der Waals surface area contributed by atoms with Gasteiger partial charge in [0.05, 0.1) is 0 Å². The molecule has 0 rings (SSSR count). The van der Waals surface area contributed by atoms with Gasteiger partial charge in [-0.3, -0.25) is 9.59 Å². The van der Waals surface area contributed by atoms with Gasteiger partial charge in [0.25, 0.3) is 0 Å². The predicted octanol–water partition coefficient (Wildman–Crippen LogP) is -0.414. The molecule has 0 radical (unpaired) electrons. The molecule has 0 heterocycles. The van der Waals surface area contributed by atoms with Crippen LogP contribution in [-0.4, -0.2) is 30.8 Å². The molecule has 0 aliphatic carbocycles. The van der Waals surface area contributed by atoms with Crippen LogP contribution in [0.2, 0.25) is 0 Å². The molecule has 1 atom stereocenters. The molecule has 1 unspecified atom stereocenters. The summed E-state index contributed by atoms with van der Waals surface area (Å²) in [5.74, 6) is -0.806. The van der Waals surface area contributed by atoms with E-state index in [4.69, 9.17) is 5.73 Å². The van der Waals surface area contributed by atoms with Gasteiger partial charge < -0.3 is 10.6 Å². The molecule has 0 aromatic heterocycles. The van der Waals surface area contributed by atoms with Gasteiger partial charge in [0.2, 0.25) is 11.8 Å². The number of hydrogen-bond donors (Lipinski definition) is 1. The van der Waals surface area contributed by atoms with Crippen LogP contribution in [0, 0.1) is 5.92 Å². The SMILES string of the molecule is CC(CC(N)=O)C(=O)N(C)C. The number of carbonyl (C=O) groups is 2. The Labute approximate surface area is 66.4 Å². The summed E-state index contributed by atoms with van der Waals surface area (Å²) < 4.78 is 0. The summed E-state index contributed by atoms with van der Waals surface area (Å²) in [5, 5.41) is 0. The second-order valence-corrected chi connectivity index (χ2v) is 2.80. The van der Waals surface area contributed by atoms with Crippen LogP contribution in [0.5, 0.6) is 0 Å². The Kier molecular flexibility index (Phi) is 3.57. The second-order valence-electron chi connectivity index (χ2n) is 2.80. The Hall–Kier alpha value is -1.06. The Morgan fingerprint density at radius 1 is 1.45 bits per heavy atom. The molecule has 0 fully saturated rings. The fourth-order valence-electron chi connectivity index (χ4n) is 0.830. The molecule has 0 aromatic rings. The van der Waals surface area contributed by atoms with Gasteiger partial charge in [-0.15, -0.1) is 0 Å². The normalized spacial score (nSPS) is 12.3. The van der Waals surface area contributed by atoms with Gasteiger partial charge in [-0.25, -0.2) is 0 Å². The molecule has 2 amide bonds. The Balaban J connectivity index is 3.93. The molecule has 0 aliphatic heterocycles. The smallest absolute Gasteiger partial charge is 0.225 e. The van der Waals surface area contributed by atoms with Gasteiger partial charge >= 0.3 is 0 Å². The van der Waals surface area contributed by atoms with Gasteiger partial charge in [0.15, 0.2) is 0 Å². The number of nitrogens with two attached hydrogens (primary N) is 1. The number of primary amides is 1. The Morgan fingerprint density at radius 3 is 2.18 bits per heavy atom. The van der Waals surface area contributed by atoms with Crippen molar-refractivity contribution in [3.63, 3.8) is 0 Å². The quantitative estimate of drug-likeness (QED) is 0.606. The van der Waals surface area contributed by atoms with E-state index in [9.17, 15) is 9.59 Å². The molecular weight excluding hydrogens is 144 g/mol. The van der Waals surface area contributed by atoms with E-state index in [1.54, 1.807) is 21.0 Å². The first-order chi connectivity index (χ1) is 4.95. The summed E-state index contributed by atoms with van der Waals surface area (Å²) in [6.45, 7) is 1.69. The third-order valence-corrected chi connectivity index (χ3v) is 1.37. The summed E-state index contributed by atoms with van der Waals surface area (Å²) in [7, 11) is 3.31. The zero-order chi connectivity index (χ0) is 9.02. The van der Waals surface area contributed by atoms with E-state index < -0.39 is 5.91 Å². The maximum absolute atomic E-state index is 11.1. The molecule has 0 saturated heterocycles. The summed E-state index contributed by atoms with van der Waals surface area (Å²) in [6.07, 6.45) is 0.122. The molecule has 0 aromatic carbocycles. The number of rotatable bonds is 3. The number of hydrogen-bond acceptors (Lipinski definition) is 2. The highest BCUT2D eigenvalue weighted by atomic mass is 16.2. The van der Waals surface area contributed by atoms with Crippen molar-refractivity contribution in [2.75, 3.05) is 14.1 Å². The lowest BCUT2D eigenvalue weighted by Gasteiger charge is -2.14. The average Bonchev–Trinajstić information content (AvgIpc) is 1.84. The lowest BCUT2D eigenvalue weighted by atomic mass is 10.1. The maximum atomic E-state index is 11.1. The molecule has 0 bridgehead atoms. The average molecular weight is 158 g/mol. The minimum Gasteiger partial charge on any atom is -0.370 e. The van der Waals surface area contributed by atoms with Crippen molar-refractivity contribution in [3.8, 4) is 0 Å². The molecule has 64 valence electrons. The standard InChI is InChI=1S/C7H14N2O2/c1-5(4-6(8)10)7(11)9(2)3/h5H,4H2,1-3H3,(H2,8,10). The van der Waals surface area contributed by atoms with Crippen molar-refractivity contribution in [2.24, 2.45) is 11.7 Å². The monoisotopic (exact) mass is 158 g/mol. The summed E-state index contributed by atoms with van der Waals surface area (Å²) >= 11 is 0. The third kappa shape index (κ3) is 3.60. The second kappa shape index (κ2) is 3.95. The summed E-state index contributed by atoms with van der Waals surface area (Å²) in [5.41, 5.74) is 4.92. The Morgan fingerprint density at radius 2 is 1.91 bits per heavy atom. The van der Waals surface area contributed by atoms with Crippen molar-refractivity contribution in [1.82, 2.24) is 4.90 Å². The van der Waals surface area contributed by atoms with E-state index >= 15 is 0 Å². The van der Waals surface area contributed by atoms with Crippen LogP contribution in [0.3, 0.4) is 0 Å². The van der Waals surface area contributed by atoms with E-state index in [-0.39, 0.29) is 18.2 Å². The summed E-state index contributed by atoms with van der Waals surface area (Å²) in [6, 6.07) is 0. The van der Waals surface area contributed by atoms with Gasteiger partial charge in [-0.1, -0.05) is 6.92 Å². The summed E-state index contributed by atoms with van der Waals surface area (Å²) in [4.78, 5) is 22.9. The molecule has 2 N–H and O–H groups in total. The lowest BCUT2D eigenvalue weighted by Crippen LogP contribution is -2.30. The zero-order valence-electron chi connectivity index (χ0n) is 7.13. The van der Waals surface area contributed by atoms with Crippen LogP contribution in [-0.2, 0) is 9.59 Å². The number of amides is 2. The van der Waals surface area contributed by atoms with Gasteiger partial charge in [-0.05, 0) is 0 Å². The number of nitrogens with zero attached hydrogens (tertiary/aromatic N) is 1. The Bertz CT molecular complexity index is 166. The number of carbonyl (C=O) groups excluding carboxylic acids is 2. The topological polar surface area (TPSA) is 63.4 Å². The molecule has 0 saturated carbocycles. The van der Waals surface area contributed by atoms with Gasteiger partial charge in [0, 0.05) is 26.4 Å². The van der Waals surface area contributed by atoms with Crippen molar-refractivity contribution in [3.05, 3.63) is 0 Å². The van der Waals surface area contributed by atoms with Crippen LogP contribution in [0.1, 0.15) is 13.3 Å². The van der Waals surface area contributed by atoms with Crippen LogP contribution in [0.15, 0.2) is 0 Å². The highest BCUT2D eigenvalue weighted by Gasteiger charge is 2.16. The molecule has 11 heavy (non-hydrogen) atoms. The zero-order valence-corrected chi connectivity index (χ0v) is 7.13. The molecule has 0 spiro atoms. The van der Waals surface area contributed by atoms with Crippen LogP contribution >= 0.6 is 0 Å². The molecule has 4 nitrogen and oxygen atoms in total. The van der Waals surface area contributed by atoms with Gasteiger partial charge in [-0.2, -0.15) is 0 Å². The lowest BCUT2D eigenvalue weighted by molar-refractivity contribution is -0.135. The van der Waals surface area contributed by atoms with Crippen molar-refractivity contribution < 1.29 is 9.59 Å². The fourth-order valence-corrected chi connectivity index (χ4v) is 0.830. The maximum Gasteiger partial charge on any atom is 0.225 e. The van der Waals surface area contributed by atoms with Crippen LogP contribution in [0.4, 0.5) is 0 Å². The third-order valence-electron chi connectivity index (χ3n) is 1.37. The van der Waals surface area contributed by atoms with E-state index in [0.29, 0.717) is 0 Å². The van der Waals surface area contributed by atoms with Crippen LogP contribution in [0.25, 0.3) is 0 Å².